The van der Waals surface area contributed by atoms with Gasteiger partial charge in [-0.05, 0) is 49.5 Å². The number of aromatic nitrogens is 3. The molecule has 4 rings (SSSR count). The molecule has 0 N–H and O–H groups in total. The molecule has 117 valence electrons. The minimum atomic E-state index is 0.362. The summed E-state index contributed by atoms with van der Waals surface area (Å²) in [7, 11) is 0. The van der Waals surface area contributed by atoms with Gasteiger partial charge >= 0.3 is 0 Å². The molecule has 0 saturated heterocycles. The van der Waals surface area contributed by atoms with Crippen LogP contribution in [0.15, 0.2) is 17.6 Å². The lowest BCUT2D eigenvalue weighted by Gasteiger charge is -2.30. The van der Waals surface area contributed by atoms with Crippen LogP contribution in [0.5, 0.6) is 0 Å². The number of nitriles is 1. The highest BCUT2D eigenvalue weighted by Gasteiger charge is 2.26. The highest BCUT2D eigenvalue weighted by Crippen LogP contribution is 2.38. The summed E-state index contributed by atoms with van der Waals surface area (Å²) in [6.07, 6.45) is 9.33. The third kappa shape index (κ3) is 2.42. The summed E-state index contributed by atoms with van der Waals surface area (Å²) in [4.78, 5) is 9.22. The molecule has 0 unspecified atom stereocenters. The number of pyridine rings is 1. The van der Waals surface area contributed by atoms with Crippen molar-refractivity contribution in [2.45, 2.75) is 45.1 Å². The molecular formula is C18H19N4S. The molecule has 1 aliphatic carbocycles. The molecule has 5 heteroatoms. The Balaban J connectivity index is 1.87. The van der Waals surface area contributed by atoms with Gasteiger partial charge in [-0.1, -0.05) is 6.92 Å². The molecular weight excluding hydrogens is 304 g/mol. The number of hydrogen-bond acceptors (Lipinski definition) is 4. The normalized spacial score (nSPS) is 21.7. The summed E-state index contributed by atoms with van der Waals surface area (Å²) in [5.41, 5.74) is 3.14. The van der Waals surface area contributed by atoms with Crippen molar-refractivity contribution in [2.24, 2.45) is 5.92 Å². The van der Waals surface area contributed by atoms with Gasteiger partial charge in [0, 0.05) is 6.04 Å². The fourth-order valence-electron chi connectivity index (χ4n) is 3.81. The Labute approximate surface area is 139 Å². The summed E-state index contributed by atoms with van der Waals surface area (Å²) >= 11 is 1.72. The number of nitrogens with zero attached hydrogens (tertiary/aromatic N) is 4. The van der Waals surface area contributed by atoms with Gasteiger partial charge in [-0.2, -0.15) is 5.26 Å². The first-order valence-corrected chi connectivity index (χ1v) is 9.09. The molecule has 0 atom stereocenters. The Morgan fingerprint density at radius 3 is 2.91 bits per heavy atom. The van der Waals surface area contributed by atoms with Crippen LogP contribution in [0.25, 0.3) is 21.3 Å². The van der Waals surface area contributed by atoms with Crippen molar-refractivity contribution in [2.75, 3.05) is 0 Å². The highest BCUT2D eigenvalue weighted by atomic mass is 32.1. The van der Waals surface area contributed by atoms with E-state index in [9.17, 15) is 5.26 Å². The first kappa shape index (κ1) is 14.6. The van der Waals surface area contributed by atoms with E-state index in [2.05, 4.69) is 40.4 Å². The zero-order chi connectivity index (χ0) is 15.8. The molecule has 3 heterocycles. The van der Waals surface area contributed by atoms with E-state index < -0.39 is 0 Å². The fraction of sp³-hybridized carbons (Fsp3) is 0.444. The topological polar surface area (TPSA) is 54.5 Å². The average Bonchev–Trinajstić information content (AvgIpc) is 3.18. The maximum absolute atomic E-state index is 9.20. The molecule has 4 nitrogen and oxygen atoms in total. The van der Waals surface area contributed by atoms with Crippen molar-refractivity contribution in [3.8, 4) is 6.07 Å². The van der Waals surface area contributed by atoms with Crippen LogP contribution in [0.2, 0.25) is 0 Å². The molecule has 0 spiro atoms. The largest absolute Gasteiger partial charge is 0.323 e. The smallest absolute Gasteiger partial charge is 0.124 e. The van der Waals surface area contributed by atoms with Gasteiger partial charge in [-0.15, -0.1) is 11.3 Å². The summed E-state index contributed by atoms with van der Waals surface area (Å²) in [5.74, 6) is 1.64. The standard InChI is InChI=1S/C18H19N4S/c1-2-12-3-5-13(6-4-12)22-16(7-9-19)21-15-11-20-14-8-10-23-18(14)17(15)22/h2,8,10-13H,3-7H2,1H3/t12-,13-. The van der Waals surface area contributed by atoms with Gasteiger partial charge in [-0.25, -0.2) is 4.98 Å². The maximum atomic E-state index is 9.20. The van der Waals surface area contributed by atoms with Crippen LogP contribution in [0.4, 0.5) is 0 Å². The predicted molar refractivity (Wildman–Crippen MR) is 93.2 cm³/mol. The van der Waals surface area contributed by atoms with Gasteiger partial charge in [0.1, 0.15) is 11.3 Å². The van der Waals surface area contributed by atoms with Gasteiger partial charge < -0.3 is 4.57 Å². The van der Waals surface area contributed by atoms with E-state index in [4.69, 9.17) is 4.98 Å². The van der Waals surface area contributed by atoms with E-state index in [-0.39, 0.29) is 0 Å². The number of hydrogen-bond donors (Lipinski definition) is 0. The van der Waals surface area contributed by atoms with E-state index in [1.807, 2.05) is 6.20 Å². The van der Waals surface area contributed by atoms with E-state index >= 15 is 0 Å². The molecule has 23 heavy (non-hydrogen) atoms. The maximum Gasteiger partial charge on any atom is 0.124 e. The van der Waals surface area contributed by atoms with E-state index in [0.29, 0.717) is 12.5 Å². The average molecular weight is 323 g/mol. The van der Waals surface area contributed by atoms with Crippen LogP contribution in [-0.2, 0) is 6.42 Å². The Morgan fingerprint density at radius 1 is 1.35 bits per heavy atom. The van der Waals surface area contributed by atoms with Crippen LogP contribution < -0.4 is 0 Å². The van der Waals surface area contributed by atoms with Crippen molar-refractivity contribution in [3.05, 3.63) is 29.9 Å². The summed E-state index contributed by atoms with van der Waals surface area (Å²) in [6, 6.07) is 4.79. The summed E-state index contributed by atoms with van der Waals surface area (Å²) in [6.45, 7) is 2.17. The van der Waals surface area contributed by atoms with Crippen molar-refractivity contribution < 1.29 is 0 Å². The number of imidazole rings is 1. The molecule has 1 radical (unpaired) electrons. The lowest BCUT2D eigenvalue weighted by molar-refractivity contribution is 0.299. The molecule has 0 aliphatic heterocycles. The number of rotatable bonds is 3. The summed E-state index contributed by atoms with van der Waals surface area (Å²) in [5, 5.41) is 11.3. The zero-order valence-electron chi connectivity index (χ0n) is 13.2. The first-order valence-electron chi connectivity index (χ1n) is 8.21. The second-order valence-electron chi connectivity index (χ2n) is 6.26. The van der Waals surface area contributed by atoms with E-state index in [0.717, 1.165) is 35.6 Å². The number of fused-ring (bicyclic) bond motifs is 3. The Hall–Kier alpha value is -1.93. The van der Waals surface area contributed by atoms with E-state index in [1.165, 1.54) is 23.1 Å². The van der Waals surface area contributed by atoms with Crippen molar-refractivity contribution in [1.82, 2.24) is 14.5 Å². The van der Waals surface area contributed by atoms with Crippen LogP contribution in [0, 0.1) is 23.7 Å². The van der Waals surface area contributed by atoms with Crippen molar-refractivity contribution in [1.29, 1.82) is 5.26 Å². The SMILES string of the molecule is C[CH][C@H]1CC[C@H](n2c(CC#N)nc3cnc4ccsc4c32)CC1. The van der Waals surface area contributed by atoms with Crippen LogP contribution in [0.1, 0.15) is 44.5 Å². The summed E-state index contributed by atoms with van der Waals surface area (Å²) < 4.78 is 3.55. The third-order valence-electron chi connectivity index (χ3n) is 5.01. The van der Waals surface area contributed by atoms with Crippen LogP contribution >= 0.6 is 11.3 Å². The van der Waals surface area contributed by atoms with Gasteiger partial charge in [-0.3, -0.25) is 4.98 Å². The lowest BCUT2D eigenvalue weighted by atomic mass is 9.84. The van der Waals surface area contributed by atoms with Crippen LogP contribution in [-0.4, -0.2) is 14.5 Å². The van der Waals surface area contributed by atoms with Gasteiger partial charge in [0.05, 0.1) is 34.4 Å². The molecule has 1 saturated carbocycles. The Morgan fingerprint density at radius 2 is 2.17 bits per heavy atom. The van der Waals surface area contributed by atoms with Gasteiger partial charge in [0.25, 0.3) is 0 Å². The lowest BCUT2D eigenvalue weighted by Crippen LogP contribution is -2.19. The van der Waals surface area contributed by atoms with Crippen molar-refractivity contribution in [3.63, 3.8) is 0 Å². The molecule has 0 amide bonds. The minimum absolute atomic E-state index is 0.362. The monoisotopic (exact) mass is 323 g/mol. The molecule has 1 fully saturated rings. The van der Waals surface area contributed by atoms with Gasteiger partial charge in [0.15, 0.2) is 0 Å². The van der Waals surface area contributed by atoms with Crippen molar-refractivity contribution >= 4 is 32.6 Å². The quantitative estimate of drug-likeness (QED) is 0.704. The second-order valence-corrected chi connectivity index (χ2v) is 7.18. The molecule has 0 aromatic carbocycles. The zero-order valence-corrected chi connectivity index (χ0v) is 14.0. The molecule has 3 aromatic rings. The minimum Gasteiger partial charge on any atom is -0.323 e. The Kier molecular flexibility index (Phi) is 3.78. The number of thiophene rings is 1. The Bertz CT molecular complexity index is 878. The highest BCUT2D eigenvalue weighted by molar-refractivity contribution is 7.18. The molecule has 0 bridgehead atoms. The predicted octanol–water partition coefficient (Wildman–Crippen LogP) is 4.67. The van der Waals surface area contributed by atoms with E-state index in [1.54, 1.807) is 11.3 Å². The van der Waals surface area contributed by atoms with Crippen LogP contribution in [0.3, 0.4) is 0 Å². The first-order chi connectivity index (χ1) is 11.3. The second kappa shape index (κ2) is 5.93. The fourth-order valence-corrected chi connectivity index (χ4v) is 4.70. The van der Waals surface area contributed by atoms with Gasteiger partial charge in [0.2, 0.25) is 0 Å². The third-order valence-corrected chi connectivity index (χ3v) is 5.92. The molecule has 3 aromatic heterocycles. The molecule has 1 aliphatic rings.